The number of hydrogen-bond donors (Lipinski definition) is 2. The first kappa shape index (κ1) is 14.3. The van der Waals surface area contributed by atoms with Crippen molar-refractivity contribution in [2.45, 2.75) is 25.1 Å². The second-order valence-corrected chi connectivity index (χ2v) is 5.31. The highest BCUT2D eigenvalue weighted by molar-refractivity contribution is 9.10. The molecule has 0 bridgehead atoms. The third kappa shape index (κ3) is 4.21. The minimum Gasteiger partial charge on any atom is -0.324 e. The Kier molecular flexibility index (Phi) is 4.15. The van der Waals surface area contributed by atoms with Crippen molar-refractivity contribution in [3.63, 3.8) is 0 Å². The van der Waals surface area contributed by atoms with Gasteiger partial charge in [0.2, 0.25) is 5.91 Å². The molecule has 104 valence electrons. The summed E-state index contributed by atoms with van der Waals surface area (Å²) >= 11 is 2.99. The van der Waals surface area contributed by atoms with E-state index in [0.717, 1.165) is 18.9 Å². The number of hydrogen-bond acceptors (Lipinski definition) is 2. The number of nitrogens with one attached hydrogen (secondary N) is 2. The Labute approximate surface area is 116 Å². The summed E-state index contributed by atoms with van der Waals surface area (Å²) in [5.41, 5.74) is -1.08. The maximum Gasteiger partial charge on any atom is 0.418 e. The van der Waals surface area contributed by atoms with Crippen molar-refractivity contribution in [3.8, 4) is 0 Å². The zero-order valence-corrected chi connectivity index (χ0v) is 11.4. The predicted octanol–water partition coefficient (Wildman–Crippen LogP) is 3.16. The molecule has 2 N–H and O–H groups in total. The lowest BCUT2D eigenvalue weighted by Gasteiger charge is -2.14. The van der Waals surface area contributed by atoms with Crippen LogP contribution in [0.2, 0.25) is 0 Å². The fourth-order valence-electron chi connectivity index (χ4n) is 1.58. The average molecular weight is 337 g/mol. The van der Waals surface area contributed by atoms with Crippen LogP contribution in [-0.4, -0.2) is 18.5 Å². The molecule has 0 radical (unpaired) electrons. The van der Waals surface area contributed by atoms with Gasteiger partial charge in [-0.2, -0.15) is 13.2 Å². The van der Waals surface area contributed by atoms with E-state index in [4.69, 9.17) is 0 Å². The summed E-state index contributed by atoms with van der Waals surface area (Å²) in [5.74, 6) is -0.472. The molecule has 1 fully saturated rings. The summed E-state index contributed by atoms with van der Waals surface area (Å²) in [5, 5.41) is 5.23. The van der Waals surface area contributed by atoms with E-state index in [1.165, 1.54) is 12.1 Å². The van der Waals surface area contributed by atoms with Crippen molar-refractivity contribution in [2.75, 3.05) is 11.9 Å². The first-order valence-corrected chi connectivity index (χ1v) is 6.55. The molecule has 1 amide bonds. The minimum atomic E-state index is -4.50. The van der Waals surface area contributed by atoms with Crippen LogP contribution >= 0.6 is 15.9 Å². The second-order valence-electron chi connectivity index (χ2n) is 4.39. The molecule has 3 nitrogen and oxygen atoms in total. The van der Waals surface area contributed by atoms with Gasteiger partial charge >= 0.3 is 6.18 Å². The Bertz CT molecular complexity index is 486. The number of carbonyl (C=O) groups is 1. The quantitative estimate of drug-likeness (QED) is 0.886. The number of rotatable bonds is 4. The van der Waals surface area contributed by atoms with E-state index in [1.807, 2.05) is 0 Å². The Hall–Kier alpha value is -1.08. The number of carbonyl (C=O) groups excluding carboxylic acids is 1. The van der Waals surface area contributed by atoms with Gasteiger partial charge in [-0.05, 0) is 31.0 Å². The van der Waals surface area contributed by atoms with Gasteiger partial charge in [-0.15, -0.1) is 0 Å². The molecule has 0 saturated heterocycles. The molecule has 1 aromatic carbocycles. The Morgan fingerprint density at radius 2 is 2.05 bits per heavy atom. The zero-order valence-electron chi connectivity index (χ0n) is 9.85. The van der Waals surface area contributed by atoms with Crippen LogP contribution in [0.1, 0.15) is 18.4 Å². The fraction of sp³-hybridized carbons (Fsp3) is 0.417. The summed E-state index contributed by atoms with van der Waals surface area (Å²) in [7, 11) is 0. The van der Waals surface area contributed by atoms with Gasteiger partial charge in [-0.3, -0.25) is 4.79 Å². The minimum absolute atomic E-state index is 0.0258. The van der Waals surface area contributed by atoms with E-state index >= 15 is 0 Å². The Morgan fingerprint density at radius 3 is 2.63 bits per heavy atom. The molecular formula is C12H12BrF3N2O. The largest absolute Gasteiger partial charge is 0.418 e. The number of amides is 1. The van der Waals surface area contributed by atoms with Crippen molar-refractivity contribution in [1.29, 1.82) is 0 Å². The van der Waals surface area contributed by atoms with E-state index in [9.17, 15) is 18.0 Å². The number of halogens is 4. The molecular weight excluding hydrogens is 325 g/mol. The maximum absolute atomic E-state index is 12.8. The van der Waals surface area contributed by atoms with Gasteiger partial charge in [0.15, 0.2) is 0 Å². The van der Waals surface area contributed by atoms with Gasteiger partial charge in [-0.1, -0.05) is 15.9 Å². The van der Waals surface area contributed by atoms with E-state index in [-0.39, 0.29) is 12.2 Å². The Balaban J connectivity index is 2.07. The molecule has 0 unspecified atom stereocenters. The normalized spacial score (nSPS) is 15.4. The zero-order chi connectivity index (χ0) is 14.0. The fourth-order valence-corrected chi connectivity index (χ4v) is 1.94. The predicted molar refractivity (Wildman–Crippen MR) is 68.8 cm³/mol. The standard InChI is InChI=1S/C12H12BrF3N2O/c13-7-1-4-10(9(5-7)12(14,15)16)18-11(19)6-17-8-2-3-8/h1,4-5,8,17H,2-3,6H2,(H,18,19). The van der Waals surface area contributed by atoms with Crippen LogP contribution in [0.25, 0.3) is 0 Å². The van der Waals surface area contributed by atoms with E-state index in [0.29, 0.717) is 10.5 Å². The van der Waals surface area contributed by atoms with Crippen molar-refractivity contribution < 1.29 is 18.0 Å². The number of alkyl halides is 3. The molecule has 0 spiro atoms. The second kappa shape index (κ2) is 5.50. The van der Waals surface area contributed by atoms with Crippen molar-refractivity contribution in [3.05, 3.63) is 28.2 Å². The smallest absolute Gasteiger partial charge is 0.324 e. The molecule has 19 heavy (non-hydrogen) atoms. The first-order valence-electron chi connectivity index (χ1n) is 5.76. The van der Waals surface area contributed by atoms with Crippen molar-refractivity contribution in [1.82, 2.24) is 5.32 Å². The molecule has 2 rings (SSSR count). The molecule has 0 aliphatic heterocycles. The molecule has 1 aliphatic rings. The molecule has 0 atom stereocenters. The van der Waals surface area contributed by atoms with Gasteiger partial charge in [0.25, 0.3) is 0 Å². The van der Waals surface area contributed by atoms with Crippen molar-refractivity contribution in [2.24, 2.45) is 0 Å². The lowest BCUT2D eigenvalue weighted by molar-refractivity contribution is -0.137. The van der Waals surface area contributed by atoms with Crippen molar-refractivity contribution >= 4 is 27.5 Å². The van der Waals surface area contributed by atoms with Gasteiger partial charge < -0.3 is 10.6 Å². The highest BCUT2D eigenvalue weighted by Crippen LogP contribution is 2.36. The summed E-state index contributed by atoms with van der Waals surface area (Å²) in [6.45, 7) is 0.0258. The van der Waals surface area contributed by atoms with Crippen LogP contribution in [0.3, 0.4) is 0 Å². The average Bonchev–Trinajstić information content (AvgIpc) is 3.11. The molecule has 1 aromatic rings. The van der Waals surface area contributed by atoms with E-state index < -0.39 is 17.6 Å². The molecule has 0 aromatic heterocycles. The third-order valence-electron chi connectivity index (χ3n) is 2.69. The number of benzene rings is 1. The van der Waals surface area contributed by atoms with E-state index in [1.54, 1.807) is 0 Å². The maximum atomic E-state index is 12.8. The van der Waals surface area contributed by atoms with Gasteiger partial charge in [0.1, 0.15) is 0 Å². The monoisotopic (exact) mass is 336 g/mol. The summed E-state index contributed by atoms with van der Waals surface area (Å²) in [6, 6.07) is 3.98. The van der Waals surface area contributed by atoms with Gasteiger partial charge in [0.05, 0.1) is 17.8 Å². The van der Waals surface area contributed by atoms with Gasteiger partial charge in [-0.25, -0.2) is 0 Å². The molecule has 1 saturated carbocycles. The topological polar surface area (TPSA) is 41.1 Å². The Morgan fingerprint density at radius 1 is 1.37 bits per heavy atom. The summed E-state index contributed by atoms with van der Waals surface area (Å²) < 4.78 is 38.8. The molecule has 0 heterocycles. The SMILES string of the molecule is O=C(CNC1CC1)Nc1ccc(Br)cc1C(F)(F)F. The van der Waals surface area contributed by atoms with Crippen LogP contribution in [0.15, 0.2) is 22.7 Å². The van der Waals surface area contributed by atoms with Crippen LogP contribution < -0.4 is 10.6 Å². The number of anilines is 1. The highest BCUT2D eigenvalue weighted by atomic mass is 79.9. The van der Waals surface area contributed by atoms with Gasteiger partial charge in [0, 0.05) is 10.5 Å². The lowest BCUT2D eigenvalue weighted by atomic mass is 10.1. The third-order valence-corrected chi connectivity index (χ3v) is 3.18. The summed E-state index contributed by atoms with van der Waals surface area (Å²) in [6.07, 6.45) is -2.48. The van der Waals surface area contributed by atoms with Crippen LogP contribution in [0.4, 0.5) is 18.9 Å². The van der Waals surface area contributed by atoms with Crippen LogP contribution in [0, 0.1) is 0 Å². The highest BCUT2D eigenvalue weighted by Gasteiger charge is 2.34. The molecule has 1 aliphatic carbocycles. The van der Waals surface area contributed by atoms with Crippen LogP contribution in [-0.2, 0) is 11.0 Å². The first-order chi connectivity index (χ1) is 8.86. The summed E-state index contributed by atoms with van der Waals surface area (Å²) in [4.78, 5) is 11.6. The van der Waals surface area contributed by atoms with E-state index in [2.05, 4.69) is 26.6 Å². The lowest BCUT2D eigenvalue weighted by Crippen LogP contribution is -2.30. The molecule has 7 heteroatoms. The van der Waals surface area contributed by atoms with Crippen LogP contribution in [0.5, 0.6) is 0 Å².